The minimum absolute atomic E-state index is 0. The van der Waals surface area contributed by atoms with E-state index in [9.17, 15) is 0 Å². The number of nitrogens with one attached hydrogen (secondary N) is 1. The maximum atomic E-state index is 9.02. The number of thiol groups is 1. The molecule has 0 spiro atoms. The van der Waals surface area contributed by atoms with Gasteiger partial charge in [-0.1, -0.05) is 454 Å². The van der Waals surface area contributed by atoms with Crippen LogP contribution in [0.5, 0.6) is 0 Å². The summed E-state index contributed by atoms with van der Waals surface area (Å²) in [7, 11) is 4.34. The Balaban J connectivity index is 0. The van der Waals surface area contributed by atoms with Crippen molar-refractivity contribution in [2.75, 3.05) is 0 Å². The Morgan fingerprint density at radius 3 is 1.07 bits per heavy atom. The van der Waals surface area contributed by atoms with Crippen molar-refractivity contribution < 1.29 is 55.4 Å². The first kappa shape index (κ1) is 75.1. The fourth-order valence-electron chi connectivity index (χ4n) is 7.69. The molecule has 1 N–H and O–H groups in total. The molecule has 0 aliphatic carbocycles. The first-order valence-corrected chi connectivity index (χ1v) is 44.5. The van der Waals surface area contributed by atoms with E-state index in [-0.39, 0.29) is 152 Å². The Bertz CT molecular complexity index is 6540. The molecular formula is C99H84AlB2Br11CuIN5S. The molecule has 0 bridgehead atoms. The molecule has 0 saturated carbocycles. The quantitative estimate of drug-likeness (QED) is 0.0602. The average molecular weight is 2520 g/mol. The molecule has 15 aromatic carbocycles. The number of hydrogen-bond donors (Lipinski definition) is 2. The standard InChI is InChI=1S/C14H10BrN.C14H11N.C13H11Br.3C7H7Br.C6H4BrI.5C6H5Br.CN.Al.BHNS.B.Cu.HN/c15-9-11-5-7-12(8-6-11)14-4-2-1-3-13(14)10-16;1-11-6-8-12(9-7-11)14-5-3-2-4-13(14)10-15;1-10-6-8-11(9-7-10)12-4-2-3-5-13(12)14;3*1-6-2-4-7(8)5-3-6;7-5-3-1-2-4-6(5)8;5*7-6-4-2-1-3-5-6;1-2;;1-2-3;;;/h1-8H,9H2;2-9H,1H3;2-9H,1H3;3*2-5H,1H3;1-4H;5*1-5H;;;3H;;;1H/q;;;;;;;;;;;;-1;;;;+1;/i;;;1D3,2D,3D,4D,5D;2D,3D,4D,5D;1D3;;1D,2D,3D,4D,5D;2D,3D,4D,5D;1D,4D,5D;4D,5D;;;;;;;. The zero-order valence-corrected chi connectivity index (χ0v) is 86.4. The van der Waals surface area contributed by atoms with Crippen LogP contribution >= 0.6 is 211 Å². The van der Waals surface area contributed by atoms with Crippen LogP contribution in [-0.2, 0) is 22.4 Å². The molecule has 0 aliphatic rings. The van der Waals surface area contributed by atoms with E-state index >= 15 is 0 Å². The van der Waals surface area contributed by atoms with E-state index in [4.69, 9.17) is 65.1 Å². The van der Waals surface area contributed by atoms with E-state index in [2.05, 4.69) is 321 Å². The Hall–Kier alpha value is -6.09. The fourth-order valence-corrected chi connectivity index (χ4v) is 11.1. The predicted molar refractivity (Wildman–Crippen MR) is 565 cm³/mol. The normalized spacial score (nSPS) is 12.2. The van der Waals surface area contributed by atoms with Crippen molar-refractivity contribution in [2.45, 2.75) is 39.8 Å². The summed E-state index contributed by atoms with van der Waals surface area (Å²) < 4.78 is 218. The zero-order chi connectivity index (χ0) is 112. The van der Waals surface area contributed by atoms with Gasteiger partial charge >= 0.3 is 62.3 Å². The summed E-state index contributed by atoms with van der Waals surface area (Å²) in [6.45, 7) is 5.86. The van der Waals surface area contributed by atoms with E-state index in [0.29, 0.717) is 37.7 Å². The third kappa shape index (κ3) is 58.7. The Morgan fingerprint density at radius 1 is 0.364 bits per heavy atom. The summed E-state index contributed by atoms with van der Waals surface area (Å²) in [4.78, 5) is 0. The van der Waals surface area contributed by atoms with Crippen molar-refractivity contribution in [3.63, 3.8) is 0 Å². The molecule has 0 heterocycles. The summed E-state index contributed by atoms with van der Waals surface area (Å²) in [6, 6.07) is 84.6. The zero-order valence-electron chi connectivity index (χ0n) is 91.8. The third-order valence-corrected chi connectivity index (χ3v) is 20.3. The molecule has 0 atom stereocenters. The number of alkyl halides is 1. The molecule has 0 unspecified atom stereocenters. The third-order valence-electron chi connectivity index (χ3n) is 13.0. The van der Waals surface area contributed by atoms with Crippen molar-refractivity contribution in [2.24, 2.45) is 4.30 Å². The van der Waals surface area contributed by atoms with Gasteiger partial charge in [-0.05, 0) is 239 Å². The number of benzene rings is 15. The van der Waals surface area contributed by atoms with Gasteiger partial charge in [0.2, 0.25) is 0 Å². The monoisotopic (exact) mass is 2510 g/mol. The summed E-state index contributed by atoms with van der Waals surface area (Å²) in [5.74, 6) is 0. The van der Waals surface area contributed by atoms with Crippen LogP contribution in [0.15, 0.2) is 443 Å². The van der Waals surface area contributed by atoms with Gasteiger partial charge in [-0.15, -0.1) is 0 Å². The van der Waals surface area contributed by atoms with E-state index in [1.54, 1.807) is 65.5 Å². The van der Waals surface area contributed by atoms with Crippen molar-refractivity contribution in [1.29, 1.82) is 20.1 Å². The number of halogens is 12. The molecule has 5 radical (unpaired) electrons. The van der Waals surface area contributed by atoms with Crippen molar-refractivity contribution >= 4 is 243 Å². The molecule has 15 rings (SSSR count). The van der Waals surface area contributed by atoms with Gasteiger partial charge < -0.3 is 11.8 Å². The van der Waals surface area contributed by atoms with Gasteiger partial charge in [0, 0.05) is 70.3 Å². The molecule has 615 valence electrons. The van der Waals surface area contributed by atoms with Gasteiger partial charge in [0.25, 0.3) is 0 Å². The molecule has 121 heavy (non-hydrogen) atoms. The van der Waals surface area contributed by atoms with E-state index in [1.165, 1.54) is 54.1 Å². The van der Waals surface area contributed by atoms with Crippen LogP contribution in [0.3, 0.4) is 0 Å². The van der Waals surface area contributed by atoms with Gasteiger partial charge in [-0.2, -0.15) is 10.5 Å². The second-order valence-electron chi connectivity index (χ2n) is 21.4. The number of aryl methyl sites for hydroxylation is 3. The van der Waals surface area contributed by atoms with Gasteiger partial charge in [0.05, 0.1) is 53.4 Å². The molecule has 15 aromatic rings. The van der Waals surface area contributed by atoms with Crippen molar-refractivity contribution in [3.05, 3.63) is 493 Å². The summed E-state index contributed by atoms with van der Waals surface area (Å²) in [5.41, 5.74) is 12.1. The Labute approximate surface area is 891 Å². The second-order valence-corrected chi connectivity index (χ2v) is 31.7. The first-order valence-electron chi connectivity index (χ1n) is 47.3. The van der Waals surface area contributed by atoms with Crippen LogP contribution < -0.4 is 0 Å². The predicted octanol–water partition coefficient (Wildman–Crippen LogP) is 35.5. The number of nitriles is 2. The van der Waals surface area contributed by atoms with E-state index in [1.807, 2.05) is 127 Å². The number of hydrogen-bond acceptors (Lipinski definition) is 6. The average Bonchev–Trinajstić information content (AvgIpc) is 0.773. The van der Waals surface area contributed by atoms with Gasteiger partial charge in [-0.3, -0.25) is 0 Å². The molecule has 5 nitrogen and oxygen atoms in total. The molecular weight excluding hydrogens is 2410 g/mol. The van der Waals surface area contributed by atoms with E-state index in [0.717, 1.165) is 46.6 Å². The summed E-state index contributed by atoms with van der Waals surface area (Å²) in [6.07, 6.45) is 0. The minimum atomic E-state index is -2.64. The van der Waals surface area contributed by atoms with Crippen LogP contribution in [-0.4, -0.2) is 32.1 Å². The Kier molecular flexibility index (Phi) is 47.4. The van der Waals surface area contributed by atoms with Crippen LogP contribution in [0.2, 0.25) is 0 Å². The molecule has 0 saturated heterocycles. The SMILES string of the molecule is Brc1ccccc1.Brc1ccccc1I.Cc1ccc(-c2ccccc2Br)cc1.Cc1ccc(-c2ccccc2C#N)cc1.N#Cc1ccccc1-c1ccc(CBr)cc1.[2H]C([2H])([2H])c1ccc(Br)cc1.[2H]c1c([2H])c(Br)c([2H])c([2H])c1C.[2H]c1c([2H])c(C([2H])([2H])[2H])c([2H])c([2H])c1Br.[2H]c1c([2H])c([2H])c(Br)c([2H])c1[2H].[2H]c1cc([2H])c(Br)c([2H])c1.[2H]c1cc([2H])c([2H])c(Br)c1[2H].[2H]c1cccc([2H])c1Br.[B].[B]=NS.[C-]#N.[Cu+].[NH]=[Al]. The second kappa shape index (κ2) is 76.4. The molecule has 0 amide bonds. The van der Waals surface area contributed by atoms with Gasteiger partial charge in [-0.25, -0.2) is 0 Å². The Morgan fingerprint density at radius 2 is 0.686 bits per heavy atom. The van der Waals surface area contributed by atoms with Crippen molar-refractivity contribution in [1.82, 2.24) is 0 Å². The molecule has 0 fully saturated rings. The van der Waals surface area contributed by atoms with Gasteiger partial charge in [0.15, 0.2) is 0 Å². The molecule has 22 heteroatoms. The van der Waals surface area contributed by atoms with Crippen LogP contribution in [0.1, 0.15) is 82.9 Å². The van der Waals surface area contributed by atoms with Gasteiger partial charge in [0.1, 0.15) is 0 Å². The summed E-state index contributed by atoms with van der Waals surface area (Å²) >= 11 is 42.0. The fraction of sp³-hybridized carbons (Fsp3) is 0.0606. The van der Waals surface area contributed by atoms with E-state index < -0.39 is 31.4 Å². The van der Waals surface area contributed by atoms with Crippen LogP contribution in [0.4, 0.5) is 0 Å². The number of rotatable bonds is 4. The number of nitrogens with zero attached hydrogens (tertiary/aromatic N) is 4. The van der Waals surface area contributed by atoms with Crippen LogP contribution in [0.25, 0.3) is 33.4 Å². The molecule has 0 aromatic heterocycles. The first-order chi connectivity index (χ1) is 69.0. The topological polar surface area (TPSA) is 108 Å². The van der Waals surface area contributed by atoms with Crippen LogP contribution in [0, 0.1) is 76.9 Å². The van der Waals surface area contributed by atoms with Crippen molar-refractivity contribution in [3.8, 4) is 45.5 Å². The maximum absolute atomic E-state index is 9.02. The molecule has 0 aliphatic heterocycles. The summed E-state index contributed by atoms with van der Waals surface area (Å²) in [5, 5.41) is 25.1.